The third-order valence-corrected chi connectivity index (χ3v) is 5.89. The topological polar surface area (TPSA) is 64.1 Å². The number of nitrogens with zero attached hydrogens (tertiary/aromatic N) is 5. The number of nitrogens with one attached hydrogen (secondary N) is 1. The number of hydrogen-bond acceptors (Lipinski definition) is 4. The van der Waals surface area contributed by atoms with E-state index in [2.05, 4.69) is 39.2 Å². The third kappa shape index (κ3) is 5.16. The zero-order valence-electron chi connectivity index (χ0n) is 18.3. The van der Waals surface area contributed by atoms with E-state index in [1.54, 1.807) is 0 Å². The molecular weight excluding hydrogens is 388 g/mol. The number of fused-ring (bicyclic) bond motifs is 1. The van der Waals surface area contributed by atoms with Crippen LogP contribution in [0.5, 0.6) is 0 Å². The number of aromatic nitrogens is 1. The van der Waals surface area contributed by atoms with Gasteiger partial charge in [0.25, 0.3) is 0 Å². The van der Waals surface area contributed by atoms with Crippen LogP contribution in [0.15, 0.2) is 53.7 Å². The van der Waals surface area contributed by atoms with Crippen molar-refractivity contribution < 1.29 is 4.79 Å². The van der Waals surface area contributed by atoms with E-state index >= 15 is 0 Å². The highest BCUT2D eigenvalue weighted by atomic mass is 16.2. The van der Waals surface area contributed by atoms with Gasteiger partial charge >= 0.3 is 0 Å². The SMILES string of the molecule is CCNC(=NCCCC(=O)N1CCc2ccccc21)N1CCN(c2ccccn2)CC1. The molecule has 0 atom stereocenters. The molecule has 0 spiro atoms. The number of piperazine rings is 1. The number of carbonyl (C=O) groups excluding carboxylic acids is 1. The van der Waals surface area contributed by atoms with Gasteiger partial charge in [-0.05, 0) is 43.5 Å². The molecular formula is C24H32N6O. The van der Waals surface area contributed by atoms with Crippen molar-refractivity contribution in [3.8, 4) is 0 Å². The molecule has 7 heteroatoms. The minimum atomic E-state index is 0.203. The first-order chi connectivity index (χ1) is 15.3. The maximum atomic E-state index is 12.7. The zero-order chi connectivity index (χ0) is 21.5. The van der Waals surface area contributed by atoms with Crippen molar-refractivity contribution in [2.45, 2.75) is 26.2 Å². The highest BCUT2D eigenvalue weighted by molar-refractivity contribution is 5.95. The van der Waals surface area contributed by atoms with Crippen molar-refractivity contribution in [3.63, 3.8) is 0 Å². The number of para-hydroxylation sites is 1. The molecule has 31 heavy (non-hydrogen) atoms. The van der Waals surface area contributed by atoms with Crippen LogP contribution >= 0.6 is 0 Å². The van der Waals surface area contributed by atoms with Crippen molar-refractivity contribution in [2.75, 3.05) is 55.6 Å². The molecule has 0 unspecified atom stereocenters. The van der Waals surface area contributed by atoms with Crippen molar-refractivity contribution in [3.05, 3.63) is 54.2 Å². The Bertz CT molecular complexity index is 892. The molecule has 1 saturated heterocycles. The van der Waals surface area contributed by atoms with Crippen LogP contribution in [-0.2, 0) is 11.2 Å². The minimum absolute atomic E-state index is 0.203. The first-order valence-corrected chi connectivity index (χ1v) is 11.3. The number of pyridine rings is 1. The molecule has 2 aliphatic rings. The molecule has 0 radical (unpaired) electrons. The van der Waals surface area contributed by atoms with Crippen molar-refractivity contribution in [2.24, 2.45) is 4.99 Å². The van der Waals surface area contributed by atoms with Gasteiger partial charge in [-0.25, -0.2) is 4.98 Å². The Hall–Kier alpha value is -3.09. The second-order valence-corrected chi connectivity index (χ2v) is 7.93. The Balaban J connectivity index is 1.26. The van der Waals surface area contributed by atoms with Crippen LogP contribution in [-0.4, -0.2) is 67.6 Å². The van der Waals surface area contributed by atoms with E-state index < -0.39 is 0 Å². The summed E-state index contributed by atoms with van der Waals surface area (Å²) < 4.78 is 0. The summed E-state index contributed by atoms with van der Waals surface area (Å²) in [6, 6.07) is 14.2. The molecule has 3 heterocycles. The highest BCUT2D eigenvalue weighted by Gasteiger charge is 2.24. The van der Waals surface area contributed by atoms with Crippen molar-refractivity contribution in [1.82, 2.24) is 15.2 Å². The van der Waals surface area contributed by atoms with Gasteiger partial charge in [0.2, 0.25) is 5.91 Å². The fourth-order valence-electron chi connectivity index (χ4n) is 4.26. The Labute approximate surface area is 184 Å². The van der Waals surface area contributed by atoms with Gasteiger partial charge in [0, 0.05) is 64.1 Å². The van der Waals surface area contributed by atoms with E-state index in [-0.39, 0.29) is 5.91 Å². The molecule has 1 fully saturated rings. The number of guanidine groups is 1. The van der Waals surface area contributed by atoms with E-state index in [9.17, 15) is 4.79 Å². The van der Waals surface area contributed by atoms with Crippen LogP contribution in [0.2, 0.25) is 0 Å². The van der Waals surface area contributed by atoms with E-state index in [0.29, 0.717) is 13.0 Å². The average Bonchev–Trinajstić information content (AvgIpc) is 3.26. The standard InChI is InChI=1S/C24H32N6O/c1-2-25-24(29-18-16-28(17-19-29)22-10-5-6-13-26-22)27-14-7-11-23(31)30-15-12-20-8-3-4-9-21(20)30/h3-6,8-10,13H,2,7,11-12,14-19H2,1H3,(H,25,27). The summed E-state index contributed by atoms with van der Waals surface area (Å²) in [6.07, 6.45) is 4.09. The number of anilines is 2. The van der Waals surface area contributed by atoms with Crippen LogP contribution in [0.4, 0.5) is 11.5 Å². The molecule has 7 nitrogen and oxygen atoms in total. The maximum Gasteiger partial charge on any atom is 0.227 e. The lowest BCUT2D eigenvalue weighted by Gasteiger charge is -2.37. The van der Waals surface area contributed by atoms with Crippen LogP contribution in [0.3, 0.4) is 0 Å². The van der Waals surface area contributed by atoms with Gasteiger partial charge in [-0.15, -0.1) is 0 Å². The quantitative estimate of drug-likeness (QED) is 0.442. The molecule has 0 bridgehead atoms. The van der Waals surface area contributed by atoms with Crippen LogP contribution in [0.25, 0.3) is 0 Å². The summed E-state index contributed by atoms with van der Waals surface area (Å²) in [5.41, 5.74) is 2.35. The molecule has 164 valence electrons. The van der Waals surface area contributed by atoms with E-state index in [1.807, 2.05) is 41.4 Å². The summed E-state index contributed by atoms with van der Waals surface area (Å²) in [6.45, 7) is 8.05. The summed E-state index contributed by atoms with van der Waals surface area (Å²) in [7, 11) is 0. The molecule has 1 N–H and O–H groups in total. The second-order valence-electron chi connectivity index (χ2n) is 7.93. The molecule has 0 saturated carbocycles. The monoisotopic (exact) mass is 420 g/mol. The van der Waals surface area contributed by atoms with Crippen LogP contribution < -0.4 is 15.1 Å². The van der Waals surface area contributed by atoms with E-state index in [1.165, 1.54) is 5.56 Å². The van der Waals surface area contributed by atoms with Crippen LogP contribution in [0.1, 0.15) is 25.3 Å². The van der Waals surface area contributed by atoms with Gasteiger partial charge in [-0.1, -0.05) is 24.3 Å². The Morgan fingerprint density at radius 1 is 1.06 bits per heavy atom. The predicted octanol–water partition coefficient (Wildman–Crippen LogP) is 2.54. The van der Waals surface area contributed by atoms with Gasteiger partial charge < -0.3 is 20.0 Å². The average molecular weight is 421 g/mol. The number of amides is 1. The summed E-state index contributed by atoms with van der Waals surface area (Å²) in [5, 5.41) is 3.41. The molecule has 0 aliphatic carbocycles. The lowest BCUT2D eigenvalue weighted by molar-refractivity contribution is -0.118. The van der Waals surface area contributed by atoms with Gasteiger partial charge in [0.15, 0.2) is 5.96 Å². The molecule has 2 aromatic rings. The summed E-state index contributed by atoms with van der Waals surface area (Å²) in [4.78, 5) is 28.5. The first kappa shape index (κ1) is 21.2. The summed E-state index contributed by atoms with van der Waals surface area (Å²) in [5.74, 6) is 2.18. The van der Waals surface area contributed by atoms with Crippen molar-refractivity contribution >= 4 is 23.4 Å². The second kappa shape index (κ2) is 10.3. The highest BCUT2D eigenvalue weighted by Crippen LogP contribution is 2.28. The maximum absolute atomic E-state index is 12.7. The lowest BCUT2D eigenvalue weighted by Crippen LogP contribution is -2.52. The minimum Gasteiger partial charge on any atom is -0.357 e. The third-order valence-electron chi connectivity index (χ3n) is 5.89. The normalized spacial score (nSPS) is 16.4. The van der Waals surface area contributed by atoms with E-state index in [4.69, 9.17) is 4.99 Å². The first-order valence-electron chi connectivity index (χ1n) is 11.3. The molecule has 1 aromatic carbocycles. The van der Waals surface area contributed by atoms with Gasteiger partial charge in [-0.2, -0.15) is 0 Å². The van der Waals surface area contributed by atoms with Gasteiger partial charge in [-0.3, -0.25) is 9.79 Å². The number of benzene rings is 1. The Kier molecular flexibility index (Phi) is 7.02. The summed E-state index contributed by atoms with van der Waals surface area (Å²) >= 11 is 0. The smallest absolute Gasteiger partial charge is 0.227 e. The molecule has 1 aromatic heterocycles. The fourth-order valence-corrected chi connectivity index (χ4v) is 4.26. The number of rotatable bonds is 6. The zero-order valence-corrected chi connectivity index (χ0v) is 18.3. The van der Waals surface area contributed by atoms with Gasteiger partial charge in [0.05, 0.1) is 0 Å². The van der Waals surface area contributed by atoms with Gasteiger partial charge in [0.1, 0.15) is 5.82 Å². The molecule has 1 amide bonds. The predicted molar refractivity (Wildman–Crippen MR) is 126 cm³/mol. The molecule has 4 rings (SSSR count). The number of hydrogen-bond donors (Lipinski definition) is 1. The Morgan fingerprint density at radius 2 is 1.87 bits per heavy atom. The number of carbonyl (C=O) groups is 1. The fraction of sp³-hybridized carbons (Fsp3) is 0.458. The lowest BCUT2D eigenvalue weighted by atomic mass is 10.2. The number of aliphatic imine (C=N–C) groups is 1. The van der Waals surface area contributed by atoms with Crippen molar-refractivity contribution in [1.29, 1.82) is 0 Å². The van der Waals surface area contributed by atoms with E-state index in [0.717, 1.165) is 69.6 Å². The largest absolute Gasteiger partial charge is 0.357 e. The Morgan fingerprint density at radius 3 is 2.65 bits per heavy atom. The van der Waals surface area contributed by atoms with Crippen LogP contribution in [0, 0.1) is 0 Å². The molecule has 2 aliphatic heterocycles.